The van der Waals surface area contributed by atoms with Gasteiger partial charge >= 0.3 is 0 Å². The number of nitrogens with zero attached hydrogens (tertiary/aromatic N) is 4. The van der Waals surface area contributed by atoms with Crippen LogP contribution in [0.5, 0.6) is 0 Å². The van der Waals surface area contributed by atoms with E-state index in [1.54, 1.807) is 46.6 Å². The Balaban J connectivity index is 1.24. The largest absolute Gasteiger partial charge is 0.339 e. The quantitative estimate of drug-likeness (QED) is 0.405. The lowest BCUT2D eigenvalue weighted by Crippen LogP contribution is -2.50. The summed E-state index contributed by atoms with van der Waals surface area (Å²) in [5.74, 6) is 1.04. The highest BCUT2D eigenvalue weighted by Crippen LogP contribution is 2.40. The molecule has 1 fully saturated rings. The highest BCUT2D eigenvalue weighted by atomic mass is 32.2. The number of carbonyl (C=O) groups excluding carboxylic acids is 1. The molecule has 2 aromatic heterocycles. The van der Waals surface area contributed by atoms with Crippen molar-refractivity contribution in [3.8, 4) is 0 Å². The average Bonchev–Trinajstić information content (AvgIpc) is 3.39. The second-order valence-electron chi connectivity index (χ2n) is 8.00. The summed E-state index contributed by atoms with van der Waals surface area (Å²) in [6, 6.07) is 8.45. The molecular formula is C22H24N4O3S3. The summed E-state index contributed by atoms with van der Waals surface area (Å²) in [4.78, 5) is 26.6. The van der Waals surface area contributed by atoms with Crippen LogP contribution in [0, 0.1) is 6.92 Å². The number of carbonyl (C=O) groups is 1. The van der Waals surface area contributed by atoms with Crippen molar-refractivity contribution >= 4 is 49.2 Å². The van der Waals surface area contributed by atoms with E-state index in [1.807, 2.05) is 6.92 Å². The van der Waals surface area contributed by atoms with Crippen LogP contribution in [-0.4, -0.2) is 65.4 Å². The number of piperazine rings is 1. The molecule has 5 rings (SSSR count). The van der Waals surface area contributed by atoms with Crippen molar-refractivity contribution in [2.75, 3.05) is 31.9 Å². The predicted octanol–water partition coefficient (Wildman–Crippen LogP) is 3.11. The molecule has 168 valence electrons. The van der Waals surface area contributed by atoms with Crippen molar-refractivity contribution in [3.63, 3.8) is 0 Å². The second kappa shape index (κ2) is 8.74. The fraction of sp³-hybridized carbons (Fsp3) is 0.409. The molecule has 3 heterocycles. The van der Waals surface area contributed by atoms with Crippen LogP contribution in [0.3, 0.4) is 0 Å². The first-order chi connectivity index (χ1) is 15.4. The molecule has 3 aromatic rings. The van der Waals surface area contributed by atoms with Gasteiger partial charge in [-0.1, -0.05) is 30.0 Å². The van der Waals surface area contributed by atoms with Crippen LogP contribution < -0.4 is 0 Å². The van der Waals surface area contributed by atoms with Crippen molar-refractivity contribution < 1.29 is 13.2 Å². The van der Waals surface area contributed by atoms with Gasteiger partial charge in [0.2, 0.25) is 15.9 Å². The SMILES string of the molecule is Cc1nc(SCC(=O)N2CCN(S(=O)(=O)c3ccccc3)CC2)c2c3c(sc2n1)CCC3. The molecule has 32 heavy (non-hydrogen) atoms. The zero-order chi connectivity index (χ0) is 22.3. The van der Waals surface area contributed by atoms with E-state index in [-0.39, 0.29) is 5.91 Å². The molecule has 1 aliphatic heterocycles. The van der Waals surface area contributed by atoms with Gasteiger partial charge < -0.3 is 4.90 Å². The van der Waals surface area contributed by atoms with Crippen LogP contribution in [-0.2, 0) is 27.7 Å². The highest BCUT2D eigenvalue weighted by Gasteiger charge is 2.30. The van der Waals surface area contributed by atoms with Crippen LogP contribution in [0.15, 0.2) is 40.3 Å². The lowest BCUT2D eigenvalue weighted by Gasteiger charge is -2.34. The van der Waals surface area contributed by atoms with E-state index in [9.17, 15) is 13.2 Å². The second-order valence-corrected chi connectivity index (χ2v) is 12.0. The molecule has 0 spiro atoms. The highest BCUT2D eigenvalue weighted by molar-refractivity contribution is 8.00. The van der Waals surface area contributed by atoms with Gasteiger partial charge in [0.1, 0.15) is 15.7 Å². The standard InChI is InChI=1S/C22H24N4O3S3/c1-15-23-21(20-17-8-5-9-18(17)31-22(20)24-15)30-14-19(27)25-10-12-26(13-11-25)32(28,29)16-6-3-2-4-7-16/h2-4,6-7H,5,8-14H2,1H3. The summed E-state index contributed by atoms with van der Waals surface area (Å²) >= 11 is 3.23. The van der Waals surface area contributed by atoms with E-state index in [0.29, 0.717) is 36.8 Å². The summed E-state index contributed by atoms with van der Waals surface area (Å²) in [6.07, 6.45) is 3.33. The smallest absolute Gasteiger partial charge is 0.243 e. The Morgan fingerprint density at radius 1 is 1.09 bits per heavy atom. The number of thioether (sulfide) groups is 1. The number of hydrogen-bond acceptors (Lipinski definition) is 7. The zero-order valence-corrected chi connectivity index (χ0v) is 20.2. The Morgan fingerprint density at radius 2 is 1.84 bits per heavy atom. The lowest BCUT2D eigenvalue weighted by molar-refractivity contribution is -0.129. The molecule has 2 aliphatic rings. The summed E-state index contributed by atoms with van der Waals surface area (Å²) in [7, 11) is -3.52. The van der Waals surface area contributed by atoms with Crippen LogP contribution >= 0.6 is 23.1 Å². The molecule has 0 bridgehead atoms. The van der Waals surface area contributed by atoms with Crippen LogP contribution in [0.4, 0.5) is 0 Å². The molecule has 10 heteroatoms. The molecule has 0 atom stereocenters. The first kappa shape index (κ1) is 21.8. The van der Waals surface area contributed by atoms with Crippen LogP contribution in [0.25, 0.3) is 10.2 Å². The first-order valence-corrected chi connectivity index (χ1v) is 13.9. The van der Waals surface area contributed by atoms with Gasteiger partial charge in [0.05, 0.1) is 10.6 Å². The predicted molar refractivity (Wildman–Crippen MR) is 127 cm³/mol. The van der Waals surface area contributed by atoms with E-state index < -0.39 is 10.0 Å². The minimum atomic E-state index is -3.52. The fourth-order valence-corrected chi connectivity index (χ4v) is 8.13. The van der Waals surface area contributed by atoms with E-state index in [1.165, 1.54) is 32.9 Å². The van der Waals surface area contributed by atoms with Gasteiger partial charge in [-0.2, -0.15) is 4.31 Å². The first-order valence-electron chi connectivity index (χ1n) is 10.7. The summed E-state index contributed by atoms with van der Waals surface area (Å²) in [5.41, 5.74) is 1.36. The molecule has 7 nitrogen and oxygen atoms in total. The third kappa shape index (κ3) is 4.05. The number of amides is 1. The minimum absolute atomic E-state index is 0.0167. The van der Waals surface area contributed by atoms with E-state index >= 15 is 0 Å². The third-order valence-electron chi connectivity index (χ3n) is 5.95. The van der Waals surface area contributed by atoms with Crippen LogP contribution in [0.1, 0.15) is 22.7 Å². The molecule has 1 amide bonds. The van der Waals surface area contributed by atoms with E-state index in [4.69, 9.17) is 0 Å². The summed E-state index contributed by atoms with van der Waals surface area (Å²) < 4.78 is 27.1. The number of rotatable bonds is 5. The maximum Gasteiger partial charge on any atom is 0.243 e. The number of fused-ring (bicyclic) bond motifs is 3. The minimum Gasteiger partial charge on any atom is -0.339 e. The number of aromatic nitrogens is 2. The Morgan fingerprint density at radius 3 is 2.59 bits per heavy atom. The number of benzene rings is 1. The van der Waals surface area contributed by atoms with Crippen LogP contribution in [0.2, 0.25) is 0 Å². The number of hydrogen-bond donors (Lipinski definition) is 0. The molecule has 0 saturated carbocycles. The van der Waals surface area contributed by atoms with Crippen molar-refractivity contribution in [2.24, 2.45) is 0 Å². The molecule has 0 radical (unpaired) electrons. The molecule has 0 N–H and O–H groups in total. The number of thiophene rings is 1. The number of sulfonamides is 1. The maximum absolute atomic E-state index is 12.9. The van der Waals surface area contributed by atoms with Gasteiger partial charge in [0, 0.05) is 36.4 Å². The molecule has 1 saturated heterocycles. The van der Waals surface area contributed by atoms with Crippen molar-refractivity contribution in [1.29, 1.82) is 0 Å². The van der Waals surface area contributed by atoms with Gasteiger partial charge in [0.25, 0.3) is 0 Å². The van der Waals surface area contributed by atoms with Gasteiger partial charge in [-0.05, 0) is 43.9 Å². The Kier molecular flexibility index (Phi) is 5.96. The molecular weight excluding hydrogens is 464 g/mol. The summed E-state index contributed by atoms with van der Waals surface area (Å²) in [6.45, 7) is 3.31. The average molecular weight is 489 g/mol. The Hall–Kier alpha value is -2.01. The van der Waals surface area contributed by atoms with E-state index in [2.05, 4.69) is 9.97 Å². The normalized spacial score (nSPS) is 17.1. The van der Waals surface area contributed by atoms with Gasteiger partial charge in [-0.15, -0.1) is 11.3 Å². The Labute approximate surface area is 195 Å². The van der Waals surface area contributed by atoms with Gasteiger partial charge in [0.15, 0.2) is 0 Å². The molecule has 1 aliphatic carbocycles. The van der Waals surface area contributed by atoms with Gasteiger partial charge in [-0.25, -0.2) is 18.4 Å². The fourth-order valence-electron chi connectivity index (χ4n) is 4.31. The van der Waals surface area contributed by atoms with Crippen molar-refractivity contribution in [1.82, 2.24) is 19.2 Å². The van der Waals surface area contributed by atoms with Crippen molar-refractivity contribution in [2.45, 2.75) is 36.1 Å². The zero-order valence-electron chi connectivity index (χ0n) is 17.8. The summed E-state index contributed by atoms with van der Waals surface area (Å²) in [5, 5.41) is 2.02. The lowest BCUT2D eigenvalue weighted by atomic mass is 10.2. The topological polar surface area (TPSA) is 83.5 Å². The molecule has 1 aromatic carbocycles. The number of aryl methyl sites for hydroxylation is 3. The maximum atomic E-state index is 12.9. The monoisotopic (exact) mass is 488 g/mol. The Bertz CT molecular complexity index is 1270. The van der Waals surface area contributed by atoms with Gasteiger partial charge in [-0.3, -0.25) is 4.79 Å². The molecule has 0 unspecified atom stereocenters. The van der Waals surface area contributed by atoms with E-state index in [0.717, 1.165) is 33.9 Å². The van der Waals surface area contributed by atoms with Crippen molar-refractivity contribution in [3.05, 3.63) is 46.6 Å². The third-order valence-corrected chi connectivity index (χ3v) is 10.0.